The minimum atomic E-state index is -3.91. The molecule has 0 aliphatic carbocycles. The molecule has 2 aromatic rings. The van der Waals surface area contributed by atoms with Crippen molar-refractivity contribution >= 4 is 27.3 Å². The van der Waals surface area contributed by atoms with Gasteiger partial charge in [-0.25, -0.2) is 8.42 Å². The molecule has 0 fully saturated rings. The molecular weight excluding hydrogens is 368 g/mol. The van der Waals surface area contributed by atoms with Crippen molar-refractivity contribution in [3.05, 3.63) is 42.0 Å². The molecule has 0 radical (unpaired) electrons. The van der Waals surface area contributed by atoms with Crippen LogP contribution in [-0.4, -0.2) is 35.1 Å². The third-order valence-corrected chi connectivity index (χ3v) is 5.90. The summed E-state index contributed by atoms with van der Waals surface area (Å²) in [6.45, 7) is 2.13. The Balaban J connectivity index is 1.98. The lowest BCUT2D eigenvalue weighted by Crippen LogP contribution is -2.33. The Bertz CT molecular complexity index is 972. The van der Waals surface area contributed by atoms with Gasteiger partial charge >= 0.3 is 0 Å². The molecule has 3 rings (SSSR count). The van der Waals surface area contributed by atoms with Crippen LogP contribution in [0.2, 0.25) is 0 Å². The number of rotatable bonds is 5. The fraction of sp³-hybridized carbons (Fsp3) is 0.316. The van der Waals surface area contributed by atoms with E-state index in [0.29, 0.717) is 18.0 Å². The highest BCUT2D eigenvalue weighted by Crippen LogP contribution is 2.33. The highest BCUT2D eigenvalue weighted by molar-refractivity contribution is 7.92. The maximum atomic E-state index is 12.9. The van der Waals surface area contributed by atoms with E-state index in [2.05, 4.69) is 4.72 Å². The zero-order chi connectivity index (χ0) is 19.6. The fourth-order valence-corrected chi connectivity index (χ4v) is 4.40. The van der Waals surface area contributed by atoms with Crippen molar-refractivity contribution in [2.75, 3.05) is 30.4 Å². The topological polar surface area (TPSA) is 84.9 Å². The number of carbonyl (C=O) groups is 1. The summed E-state index contributed by atoms with van der Waals surface area (Å²) in [7, 11) is -1.04. The van der Waals surface area contributed by atoms with Crippen LogP contribution in [0.1, 0.15) is 18.9 Å². The zero-order valence-electron chi connectivity index (χ0n) is 15.5. The van der Waals surface area contributed by atoms with E-state index in [1.165, 1.54) is 33.3 Å². The number of amides is 1. The summed E-state index contributed by atoms with van der Waals surface area (Å²) < 4.78 is 38.7. The first-order valence-electron chi connectivity index (χ1n) is 8.51. The maximum absolute atomic E-state index is 12.9. The van der Waals surface area contributed by atoms with E-state index in [1.807, 2.05) is 6.07 Å². The molecule has 144 valence electrons. The summed E-state index contributed by atoms with van der Waals surface area (Å²) >= 11 is 0. The SMILES string of the molecule is COc1ccc(OC)c(S(=O)(=O)Nc2ccc3c(c2)N(C(C)=O)CCC3)c1. The van der Waals surface area contributed by atoms with Crippen molar-refractivity contribution < 1.29 is 22.7 Å². The Morgan fingerprint density at radius 3 is 2.56 bits per heavy atom. The number of nitrogens with zero attached hydrogens (tertiary/aromatic N) is 1. The second-order valence-electron chi connectivity index (χ2n) is 6.24. The van der Waals surface area contributed by atoms with E-state index in [0.717, 1.165) is 24.1 Å². The van der Waals surface area contributed by atoms with Crippen molar-refractivity contribution in [3.8, 4) is 11.5 Å². The number of hydrogen-bond acceptors (Lipinski definition) is 5. The van der Waals surface area contributed by atoms with Crippen molar-refractivity contribution in [2.45, 2.75) is 24.7 Å². The number of ether oxygens (including phenoxy) is 2. The summed E-state index contributed by atoms with van der Waals surface area (Å²) in [5.74, 6) is 0.557. The second kappa shape index (κ2) is 7.48. The van der Waals surface area contributed by atoms with Crippen LogP contribution in [0.15, 0.2) is 41.3 Å². The molecule has 1 aliphatic rings. The molecule has 8 heteroatoms. The molecule has 7 nitrogen and oxygen atoms in total. The van der Waals surface area contributed by atoms with Gasteiger partial charge < -0.3 is 14.4 Å². The van der Waals surface area contributed by atoms with Crippen LogP contribution in [0.5, 0.6) is 11.5 Å². The average molecular weight is 390 g/mol. The number of methoxy groups -OCH3 is 2. The Hall–Kier alpha value is -2.74. The van der Waals surface area contributed by atoms with E-state index in [9.17, 15) is 13.2 Å². The van der Waals surface area contributed by atoms with Crippen LogP contribution in [-0.2, 0) is 21.2 Å². The zero-order valence-corrected chi connectivity index (χ0v) is 16.3. The second-order valence-corrected chi connectivity index (χ2v) is 7.89. The smallest absolute Gasteiger partial charge is 0.265 e. The van der Waals surface area contributed by atoms with Crippen LogP contribution in [0.25, 0.3) is 0 Å². The first-order chi connectivity index (χ1) is 12.9. The van der Waals surface area contributed by atoms with E-state index >= 15 is 0 Å². The lowest BCUT2D eigenvalue weighted by Gasteiger charge is -2.29. The minimum absolute atomic E-state index is 0.0227. The minimum Gasteiger partial charge on any atom is -0.497 e. The molecule has 0 unspecified atom stereocenters. The summed E-state index contributed by atoms with van der Waals surface area (Å²) in [6, 6.07) is 9.82. The molecule has 1 amide bonds. The summed E-state index contributed by atoms with van der Waals surface area (Å²) in [5, 5.41) is 0. The van der Waals surface area contributed by atoms with E-state index < -0.39 is 10.0 Å². The van der Waals surface area contributed by atoms with Gasteiger partial charge in [0.05, 0.1) is 19.9 Å². The van der Waals surface area contributed by atoms with Gasteiger partial charge in [-0.2, -0.15) is 0 Å². The molecule has 0 spiro atoms. The molecule has 0 saturated carbocycles. The summed E-state index contributed by atoms with van der Waals surface area (Å²) in [4.78, 5) is 13.5. The third-order valence-electron chi connectivity index (χ3n) is 4.50. The van der Waals surface area contributed by atoms with E-state index in [1.54, 1.807) is 23.1 Å². The summed E-state index contributed by atoms with van der Waals surface area (Å²) in [5.41, 5.74) is 2.15. The van der Waals surface area contributed by atoms with Gasteiger partial charge in [0.15, 0.2) is 0 Å². The number of carbonyl (C=O) groups excluding carboxylic acids is 1. The first kappa shape index (κ1) is 19.0. The number of aryl methyl sites for hydroxylation is 1. The van der Waals surface area contributed by atoms with Gasteiger partial charge in [-0.1, -0.05) is 6.07 Å². The Labute approximate surface area is 158 Å². The number of hydrogen-bond donors (Lipinski definition) is 1. The van der Waals surface area contributed by atoms with Crippen LogP contribution in [0.3, 0.4) is 0 Å². The van der Waals surface area contributed by atoms with Crippen LogP contribution >= 0.6 is 0 Å². The predicted molar refractivity (Wildman–Crippen MR) is 103 cm³/mol. The molecular formula is C19H22N2O5S. The molecule has 1 N–H and O–H groups in total. The first-order valence-corrected chi connectivity index (χ1v) is 10.00. The van der Waals surface area contributed by atoms with Crippen LogP contribution in [0, 0.1) is 0 Å². The highest BCUT2D eigenvalue weighted by atomic mass is 32.2. The van der Waals surface area contributed by atoms with Crippen molar-refractivity contribution in [2.24, 2.45) is 0 Å². The van der Waals surface area contributed by atoms with E-state index in [4.69, 9.17) is 9.47 Å². The third kappa shape index (κ3) is 3.85. The average Bonchev–Trinajstić information content (AvgIpc) is 2.66. The van der Waals surface area contributed by atoms with Gasteiger partial charge in [-0.05, 0) is 42.7 Å². The quantitative estimate of drug-likeness (QED) is 0.849. The summed E-state index contributed by atoms with van der Waals surface area (Å²) in [6.07, 6.45) is 1.74. The maximum Gasteiger partial charge on any atom is 0.265 e. The highest BCUT2D eigenvalue weighted by Gasteiger charge is 2.24. The van der Waals surface area contributed by atoms with Crippen molar-refractivity contribution in [3.63, 3.8) is 0 Å². The molecule has 1 heterocycles. The number of fused-ring (bicyclic) bond motifs is 1. The molecule has 0 saturated heterocycles. The number of anilines is 2. The van der Waals surface area contributed by atoms with Gasteiger partial charge in [0.1, 0.15) is 16.4 Å². The predicted octanol–water partition coefficient (Wildman–Crippen LogP) is 2.80. The normalized spacial score (nSPS) is 13.7. The van der Waals surface area contributed by atoms with Gasteiger partial charge in [-0.15, -0.1) is 0 Å². The molecule has 0 bridgehead atoms. The Kier molecular flexibility index (Phi) is 5.27. The number of nitrogens with one attached hydrogen (secondary N) is 1. The van der Waals surface area contributed by atoms with Crippen LogP contribution < -0.4 is 19.1 Å². The molecule has 0 atom stereocenters. The Morgan fingerprint density at radius 2 is 1.89 bits per heavy atom. The largest absolute Gasteiger partial charge is 0.497 e. The molecule has 0 aromatic heterocycles. The van der Waals surface area contributed by atoms with Gasteiger partial charge in [-0.3, -0.25) is 9.52 Å². The van der Waals surface area contributed by atoms with Gasteiger partial charge in [0.2, 0.25) is 5.91 Å². The molecule has 2 aromatic carbocycles. The van der Waals surface area contributed by atoms with Crippen molar-refractivity contribution in [1.82, 2.24) is 0 Å². The molecule has 27 heavy (non-hydrogen) atoms. The van der Waals surface area contributed by atoms with Crippen molar-refractivity contribution in [1.29, 1.82) is 0 Å². The van der Waals surface area contributed by atoms with E-state index in [-0.39, 0.29) is 16.6 Å². The van der Waals surface area contributed by atoms with Crippen LogP contribution in [0.4, 0.5) is 11.4 Å². The number of benzene rings is 2. The fourth-order valence-electron chi connectivity index (χ4n) is 3.17. The van der Waals surface area contributed by atoms with Gasteiger partial charge in [0.25, 0.3) is 10.0 Å². The standard InChI is InChI=1S/C19H22N2O5S/c1-13(22)21-10-4-5-14-6-7-15(11-17(14)21)20-27(23,24)19-12-16(25-2)8-9-18(19)26-3/h6-9,11-12,20H,4-5,10H2,1-3H3. The lowest BCUT2D eigenvalue weighted by atomic mass is 10.0. The Morgan fingerprint density at radius 1 is 1.11 bits per heavy atom. The lowest BCUT2D eigenvalue weighted by molar-refractivity contribution is -0.116. The number of sulfonamides is 1. The monoisotopic (exact) mass is 390 g/mol. The van der Waals surface area contributed by atoms with Gasteiger partial charge in [0, 0.05) is 25.2 Å². The molecule has 1 aliphatic heterocycles.